The molecule has 0 aromatic heterocycles. The Kier molecular flexibility index (Phi) is 2.16. The van der Waals surface area contributed by atoms with Gasteiger partial charge in [0.05, 0.1) is 0 Å². The Morgan fingerprint density at radius 1 is 0.300 bits per heavy atom. The van der Waals surface area contributed by atoms with Crippen LogP contribution in [0, 0.1) is 0 Å². The second-order valence-corrected chi connectivity index (χ2v) is 12.9. The van der Waals surface area contributed by atoms with E-state index in [9.17, 15) is 0 Å². The minimum atomic E-state index is 0.321. The summed E-state index contributed by atoms with van der Waals surface area (Å²) in [6, 6.07) is 28.4. The van der Waals surface area contributed by atoms with Crippen molar-refractivity contribution < 1.29 is 0 Å². The molecule has 10 aromatic rings. The van der Waals surface area contributed by atoms with E-state index < -0.39 is 0 Å². The largest absolute Gasteiger partial charge is 0.0640 e. The fourth-order valence-electron chi connectivity index (χ4n) is 10.8. The molecular weight excluding hydrogens is 480 g/mol. The van der Waals surface area contributed by atoms with Crippen LogP contribution in [0.3, 0.4) is 0 Å². The molecule has 0 heterocycles. The van der Waals surface area contributed by atoms with Gasteiger partial charge in [-0.25, -0.2) is 0 Å². The molecule has 2 unspecified atom stereocenters. The molecule has 4 aliphatic rings. The molecule has 0 saturated heterocycles. The van der Waals surface area contributed by atoms with Crippen molar-refractivity contribution in [3.63, 3.8) is 0 Å². The first-order chi connectivity index (χ1) is 19.9. The lowest BCUT2D eigenvalue weighted by Gasteiger charge is -2.24. The zero-order chi connectivity index (χ0) is 24.9. The summed E-state index contributed by atoms with van der Waals surface area (Å²) in [5.41, 5.74) is 6.23. The molecule has 0 nitrogen and oxygen atoms in total. The van der Waals surface area contributed by atoms with Gasteiger partial charge in [0.15, 0.2) is 0 Å². The van der Waals surface area contributed by atoms with Gasteiger partial charge in [-0.15, -0.1) is 0 Å². The summed E-state index contributed by atoms with van der Waals surface area (Å²) in [5.74, 6) is 0.641. The van der Waals surface area contributed by atoms with E-state index in [4.69, 9.17) is 0 Å². The number of benzene rings is 8. The van der Waals surface area contributed by atoms with Crippen molar-refractivity contribution in [2.75, 3.05) is 0 Å². The third kappa shape index (κ3) is 1.34. The third-order valence-corrected chi connectivity index (χ3v) is 11.8. The van der Waals surface area contributed by atoms with Crippen LogP contribution >= 0.6 is 0 Å². The van der Waals surface area contributed by atoms with Crippen molar-refractivity contribution in [3.8, 4) is 0 Å². The normalized spacial score (nSPS) is 19.4. The molecule has 0 radical (unpaired) electrons. The number of hydrogen-bond donors (Lipinski definition) is 0. The molecule has 40 heavy (non-hydrogen) atoms. The van der Waals surface area contributed by atoms with Crippen LogP contribution in [0.4, 0.5) is 0 Å². The molecule has 0 heteroatoms. The monoisotopic (exact) mass is 496 g/mol. The molecule has 0 fully saturated rings. The van der Waals surface area contributed by atoms with Crippen LogP contribution in [-0.2, 0) is 0 Å². The zero-order valence-corrected chi connectivity index (χ0v) is 21.2. The lowest BCUT2D eigenvalue weighted by atomic mass is 9.78. The Labute approximate surface area is 226 Å². The molecule has 0 aliphatic heterocycles. The van der Waals surface area contributed by atoms with Gasteiger partial charge < -0.3 is 0 Å². The minimum absolute atomic E-state index is 0.321. The van der Waals surface area contributed by atoms with Crippen LogP contribution in [0.25, 0.3) is 109 Å². The quantitative estimate of drug-likeness (QED) is 0.145. The maximum atomic E-state index is 2.66. The van der Waals surface area contributed by atoms with Gasteiger partial charge in [0.2, 0.25) is 0 Å². The van der Waals surface area contributed by atoms with Gasteiger partial charge in [-0.3, -0.25) is 0 Å². The van der Waals surface area contributed by atoms with Gasteiger partial charge in [-0.2, -0.15) is 0 Å². The lowest BCUT2D eigenvalue weighted by Crippen LogP contribution is -2.14. The van der Waals surface area contributed by atoms with Gasteiger partial charge in [0.25, 0.3) is 0 Å². The van der Waals surface area contributed by atoms with Crippen LogP contribution in [-0.4, -0.2) is 0 Å². The van der Waals surface area contributed by atoms with Crippen molar-refractivity contribution in [3.05, 3.63) is 105 Å². The van der Waals surface area contributed by atoms with E-state index >= 15 is 0 Å². The highest BCUT2D eigenvalue weighted by Crippen LogP contribution is 2.63. The first kappa shape index (κ1) is 17.6. The van der Waals surface area contributed by atoms with E-state index in [1.165, 1.54) is 86.2 Å². The maximum Gasteiger partial charge on any atom is 0.0297 e. The lowest BCUT2D eigenvalue weighted by molar-refractivity contribution is 1.13. The van der Waals surface area contributed by atoms with Crippen molar-refractivity contribution in [1.82, 2.24) is 0 Å². The van der Waals surface area contributed by atoms with Crippen LogP contribution in [0.2, 0.25) is 0 Å². The first-order valence-corrected chi connectivity index (χ1v) is 14.6. The van der Waals surface area contributed by atoms with Crippen molar-refractivity contribution in [1.29, 1.82) is 0 Å². The molecule has 0 amide bonds. The summed E-state index contributed by atoms with van der Waals surface area (Å²) >= 11 is 0. The van der Waals surface area contributed by atoms with Gasteiger partial charge in [0, 0.05) is 11.8 Å². The number of rotatable bonds is 0. The van der Waals surface area contributed by atoms with Crippen molar-refractivity contribution in [2.45, 2.75) is 11.8 Å². The van der Waals surface area contributed by atoms with Crippen LogP contribution in [0.5, 0.6) is 0 Å². The highest BCUT2D eigenvalue weighted by Gasteiger charge is 2.42. The van der Waals surface area contributed by atoms with E-state index in [0.717, 1.165) is 0 Å². The SMILES string of the molecule is C1=c2c3cccc4c5cccc6c7c8c9c%10c%11c%12c(cccc%12c%12cccc%13c%12c%11c(c9c2c(c34)c8c65)C1%13)C%10C=7. The van der Waals surface area contributed by atoms with E-state index in [0.29, 0.717) is 11.8 Å². The summed E-state index contributed by atoms with van der Waals surface area (Å²) in [6.45, 7) is 0. The predicted molar refractivity (Wildman–Crippen MR) is 169 cm³/mol. The molecule has 10 aromatic carbocycles. The third-order valence-electron chi connectivity index (χ3n) is 11.8. The molecule has 0 N–H and O–H groups in total. The molecule has 0 spiro atoms. The minimum Gasteiger partial charge on any atom is -0.0640 e. The van der Waals surface area contributed by atoms with Crippen molar-refractivity contribution in [2.24, 2.45) is 0 Å². The summed E-state index contributed by atoms with van der Waals surface area (Å²) in [5, 5.41) is 30.1. The average Bonchev–Trinajstić information content (AvgIpc) is 3.72. The molecule has 4 aliphatic carbocycles. The predicted octanol–water partition coefficient (Wildman–Crippen LogP) is 8.86. The summed E-state index contributed by atoms with van der Waals surface area (Å²) in [7, 11) is 0. The van der Waals surface area contributed by atoms with Crippen LogP contribution in [0.1, 0.15) is 34.1 Å². The Morgan fingerprint density at radius 3 is 1.15 bits per heavy atom. The van der Waals surface area contributed by atoms with E-state index in [2.05, 4.69) is 84.9 Å². The zero-order valence-electron chi connectivity index (χ0n) is 21.2. The molecule has 14 rings (SSSR count). The number of hydrogen-bond acceptors (Lipinski definition) is 0. The second kappa shape index (κ2) is 4.91. The molecule has 2 atom stereocenters. The Balaban J connectivity index is 1.52. The van der Waals surface area contributed by atoms with E-state index in [1.807, 2.05) is 0 Å². The second-order valence-electron chi connectivity index (χ2n) is 12.9. The highest BCUT2D eigenvalue weighted by atomic mass is 14.4. The van der Waals surface area contributed by atoms with E-state index in [1.54, 1.807) is 43.4 Å². The van der Waals surface area contributed by atoms with Crippen LogP contribution < -0.4 is 10.4 Å². The first-order valence-electron chi connectivity index (χ1n) is 14.6. The van der Waals surface area contributed by atoms with Gasteiger partial charge in [-0.05, 0) is 130 Å². The molecular formula is C40H16. The topological polar surface area (TPSA) is 0 Å². The maximum absolute atomic E-state index is 2.66. The Bertz CT molecular complexity index is 2920. The van der Waals surface area contributed by atoms with Gasteiger partial charge >= 0.3 is 0 Å². The smallest absolute Gasteiger partial charge is 0.0297 e. The van der Waals surface area contributed by atoms with Crippen LogP contribution in [0.15, 0.2) is 72.8 Å². The molecule has 0 saturated carbocycles. The average molecular weight is 497 g/mol. The number of fused-ring (bicyclic) bond motifs is 6. The Hall–Kier alpha value is -4.94. The standard InChI is InChI=1S/C40H16/c1-5-15-16-6-2-10-20-25-14-26-22-12-4-8-18-17-7-3-11-21-24-13-23-19(9-1)27(15)35-31(23)39-32(24)37(29(17)21)38(30(18)22)34(26)40(39)33(25)36(35)28(16)20/h1-14,23,25H. The fourth-order valence-corrected chi connectivity index (χ4v) is 10.8. The fraction of sp³-hybridized carbons (Fsp3) is 0.0500. The van der Waals surface area contributed by atoms with Gasteiger partial charge in [0.1, 0.15) is 0 Å². The summed E-state index contributed by atoms with van der Waals surface area (Å²) < 4.78 is 0. The summed E-state index contributed by atoms with van der Waals surface area (Å²) in [6.07, 6.45) is 5.32. The molecule has 176 valence electrons. The van der Waals surface area contributed by atoms with Gasteiger partial charge in [-0.1, -0.05) is 84.9 Å². The van der Waals surface area contributed by atoms with E-state index in [-0.39, 0.29) is 0 Å². The molecule has 0 bridgehead atoms. The summed E-state index contributed by atoms with van der Waals surface area (Å²) in [4.78, 5) is 0. The van der Waals surface area contributed by atoms with Crippen molar-refractivity contribution >= 4 is 109 Å². The Morgan fingerprint density at radius 2 is 0.675 bits per heavy atom. The highest BCUT2D eigenvalue weighted by molar-refractivity contribution is 6.51.